The summed E-state index contributed by atoms with van der Waals surface area (Å²) >= 11 is 0. The second-order valence-corrected chi connectivity index (χ2v) is 8.04. The summed E-state index contributed by atoms with van der Waals surface area (Å²) in [4.78, 5) is 26.2. The van der Waals surface area contributed by atoms with Gasteiger partial charge in [-0.15, -0.1) is 0 Å². The van der Waals surface area contributed by atoms with E-state index in [1.165, 1.54) is 0 Å². The highest BCUT2D eigenvalue weighted by Gasteiger charge is 2.24. The van der Waals surface area contributed by atoms with Crippen molar-refractivity contribution < 1.29 is 23.5 Å². The van der Waals surface area contributed by atoms with E-state index in [1.54, 1.807) is 25.0 Å². The Morgan fingerprint density at radius 2 is 1.90 bits per heavy atom. The van der Waals surface area contributed by atoms with E-state index in [1.807, 2.05) is 33.8 Å². The lowest BCUT2D eigenvalue weighted by atomic mass is 9.98. The number of likely N-dealkylation sites (tertiary alicyclic amines) is 1. The Bertz CT molecular complexity index is 1010. The third-order valence-corrected chi connectivity index (χ3v) is 5.99. The van der Waals surface area contributed by atoms with E-state index in [2.05, 4.69) is 5.32 Å². The van der Waals surface area contributed by atoms with E-state index < -0.39 is 0 Å². The number of nitrogens with zero attached hydrogens (tertiary/aromatic N) is 1. The third-order valence-electron chi connectivity index (χ3n) is 5.99. The average molecular weight is 429 g/mol. The minimum atomic E-state index is -0.286. The monoisotopic (exact) mass is 428 g/mol. The van der Waals surface area contributed by atoms with Gasteiger partial charge in [0.1, 0.15) is 17.1 Å². The number of carbonyl (C=O) groups is 2. The van der Waals surface area contributed by atoms with Gasteiger partial charge in [-0.05, 0) is 64.7 Å². The number of furan rings is 1. The number of aryl methyl sites for hydroxylation is 3. The number of ether oxygens (including phenoxy) is 2. The summed E-state index contributed by atoms with van der Waals surface area (Å²) in [6, 6.07) is 2.07. The lowest BCUT2D eigenvalue weighted by molar-refractivity contribution is -0.117. The summed E-state index contributed by atoms with van der Waals surface area (Å²) in [7, 11) is 1.63. The van der Waals surface area contributed by atoms with E-state index in [4.69, 9.17) is 13.9 Å². The second-order valence-electron chi connectivity index (χ2n) is 8.04. The topological polar surface area (TPSA) is 81.0 Å². The number of hydrogen-bond donors (Lipinski definition) is 1. The van der Waals surface area contributed by atoms with Gasteiger partial charge in [-0.2, -0.15) is 0 Å². The van der Waals surface area contributed by atoms with E-state index in [-0.39, 0.29) is 18.0 Å². The van der Waals surface area contributed by atoms with Crippen LogP contribution in [0.25, 0.3) is 16.5 Å². The molecule has 1 aliphatic heterocycles. The Balaban J connectivity index is 1.74. The Morgan fingerprint density at radius 3 is 2.52 bits per heavy atom. The number of methoxy groups -OCH3 is 1. The molecule has 1 aliphatic rings. The summed E-state index contributed by atoms with van der Waals surface area (Å²) in [5.74, 6) is 1.45. The van der Waals surface area contributed by atoms with Crippen LogP contribution in [0.2, 0.25) is 0 Å². The fourth-order valence-electron chi connectivity index (χ4n) is 4.11. The lowest BCUT2D eigenvalue weighted by Gasteiger charge is -2.31. The highest BCUT2D eigenvalue weighted by Crippen LogP contribution is 2.38. The van der Waals surface area contributed by atoms with E-state index in [0.717, 1.165) is 39.0 Å². The van der Waals surface area contributed by atoms with Crippen molar-refractivity contribution in [2.45, 2.75) is 53.5 Å². The molecule has 0 unspecified atom stereocenters. The fourth-order valence-corrected chi connectivity index (χ4v) is 4.11. The number of benzene rings is 1. The Kier molecular flexibility index (Phi) is 6.93. The van der Waals surface area contributed by atoms with Crippen molar-refractivity contribution in [1.29, 1.82) is 0 Å². The molecule has 1 aromatic carbocycles. The molecule has 1 N–H and O–H groups in total. The lowest BCUT2D eigenvalue weighted by Crippen LogP contribution is -2.46. The molecule has 168 valence electrons. The molecule has 1 aromatic heterocycles. The number of nitrogens with one attached hydrogen (secondary N) is 1. The molecule has 7 heteroatoms. The van der Waals surface area contributed by atoms with E-state index >= 15 is 0 Å². The number of piperidine rings is 1. The van der Waals surface area contributed by atoms with Crippen molar-refractivity contribution in [3.63, 3.8) is 0 Å². The van der Waals surface area contributed by atoms with Gasteiger partial charge in [0.25, 0.3) is 0 Å². The molecule has 3 rings (SSSR count). The quantitative estimate of drug-likeness (QED) is 0.709. The summed E-state index contributed by atoms with van der Waals surface area (Å²) in [6.07, 6.45) is 2.74. The molecule has 2 amide bonds. The van der Waals surface area contributed by atoms with Gasteiger partial charge in [-0.3, -0.25) is 4.79 Å². The maximum atomic E-state index is 12.7. The predicted octanol–water partition coefficient (Wildman–Crippen LogP) is 4.51. The van der Waals surface area contributed by atoms with Crippen LogP contribution >= 0.6 is 0 Å². The van der Waals surface area contributed by atoms with Crippen molar-refractivity contribution in [3.05, 3.63) is 34.6 Å². The van der Waals surface area contributed by atoms with Gasteiger partial charge < -0.3 is 24.1 Å². The summed E-state index contributed by atoms with van der Waals surface area (Å²) in [5, 5.41) is 4.10. The Hall–Kier alpha value is -2.96. The number of amides is 2. The standard InChI is InChI=1S/C24H32N2O5/c1-7-30-24(28)26-10-8-18(9-11-26)25-21(27)12-14(2)19-13-20-15(3)17(5)31-23(20)16(4)22(19)29-6/h12-13,18H,7-11H2,1-6H3,(H,25,27)/b14-12+. The van der Waals surface area contributed by atoms with Crippen LogP contribution in [0, 0.1) is 20.8 Å². The van der Waals surface area contributed by atoms with Crippen molar-refractivity contribution in [1.82, 2.24) is 10.2 Å². The van der Waals surface area contributed by atoms with Crippen LogP contribution in [0.4, 0.5) is 4.79 Å². The first-order valence-corrected chi connectivity index (χ1v) is 10.7. The minimum Gasteiger partial charge on any atom is -0.496 e. The summed E-state index contributed by atoms with van der Waals surface area (Å²) < 4.78 is 16.6. The molecule has 7 nitrogen and oxygen atoms in total. The largest absolute Gasteiger partial charge is 0.496 e. The molecule has 0 atom stereocenters. The zero-order chi connectivity index (χ0) is 22.7. The molecule has 1 saturated heterocycles. The predicted molar refractivity (Wildman–Crippen MR) is 120 cm³/mol. The SMILES string of the molecule is CCOC(=O)N1CCC(NC(=O)/C=C(\C)c2cc3c(C)c(C)oc3c(C)c2OC)CC1. The van der Waals surface area contributed by atoms with E-state index in [0.29, 0.717) is 38.3 Å². The van der Waals surface area contributed by atoms with Crippen LogP contribution in [-0.2, 0) is 9.53 Å². The first-order chi connectivity index (χ1) is 14.8. The number of allylic oxidation sites excluding steroid dienone is 1. The van der Waals surface area contributed by atoms with Gasteiger partial charge in [0, 0.05) is 41.7 Å². The Morgan fingerprint density at radius 1 is 1.23 bits per heavy atom. The van der Waals surface area contributed by atoms with Crippen molar-refractivity contribution >= 4 is 28.5 Å². The number of carbonyl (C=O) groups excluding carboxylic acids is 2. The number of rotatable bonds is 5. The minimum absolute atomic E-state index is 0.0344. The van der Waals surface area contributed by atoms with Gasteiger partial charge in [0.2, 0.25) is 5.91 Å². The van der Waals surface area contributed by atoms with Gasteiger partial charge in [0.15, 0.2) is 0 Å². The highest BCUT2D eigenvalue weighted by molar-refractivity contribution is 5.98. The van der Waals surface area contributed by atoms with Gasteiger partial charge in [-0.1, -0.05) is 0 Å². The van der Waals surface area contributed by atoms with Gasteiger partial charge >= 0.3 is 6.09 Å². The maximum absolute atomic E-state index is 12.7. The van der Waals surface area contributed by atoms with Crippen LogP contribution in [0.1, 0.15) is 49.1 Å². The summed E-state index contributed by atoms with van der Waals surface area (Å²) in [5.41, 5.74) is 4.53. The normalized spacial score (nSPS) is 15.3. The summed E-state index contributed by atoms with van der Waals surface area (Å²) in [6.45, 7) is 11.2. The van der Waals surface area contributed by atoms with Gasteiger partial charge in [-0.25, -0.2) is 4.79 Å². The molecule has 0 spiro atoms. The van der Waals surface area contributed by atoms with Crippen LogP contribution in [-0.4, -0.2) is 49.7 Å². The molecule has 2 aromatic rings. The molecular weight excluding hydrogens is 396 g/mol. The van der Waals surface area contributed by atoms with Crippen LogP contribution in [0.5, 0.6) is 5.75 Å². The Labute approximate surface area is 183 Å². The van der Waals surface area contributed by atoms with Crippen LogP contribution in [0.15, 0.2) is 16.6 Å². The van der Waals surface area contributed by atoms with E-state index in [9.17, 15) is 9.59 Å². The molecular formula is C24H32N2O5. The van der Waals surface area contributed by atoms with Crippen molar-refractivity contribution in [2.24, 2.45) is 0 Å². The fraction of sp³-hybridized carbons (Fsp3) is 0.500. The zero-order valence-corrected chi connectivity index (χ0v) is 19.3. The number of fused-ring (bicyclic) bond motifs is 1. The third kappa shape index (κ3) is 4.70. The maximum Gasteiger partial charge on any atom is 0.409 e. The molecule has 1 fully saturated rings. The molecule has 31 heavy (non-hydrogen) atoms. The average Bonchev–Trinajstić information content (AvgIpc) is 3.03. The second kappa shape index (κ2) is 9.45. The molecule has 0 saturated carbocycles. The molecule has 0 bridgehead atoms. The number of hydrogen-bond acceptors (Lipinski definition) is 5. The van der Waals surface area contributed by atoms with Crippen LogP contribution in [0.3, 0.4) is 0 Å². The zero-order valence-electron chi connectivity index (χ0n) is 19.3. The van der Waals surface area contributed by atoms with Crippen LogP contribution < -0.4 is 10.1 Å². The highest BCUT2D eigenvalue weighted by atomic mass is 16.6. The first-order valence-electron chi connectivity index (χ1n) is 10.7. The molecule has 0 radical (unpaired) electrons. The van der Waals surface area contributed by atoms with Gasteiger partial charge in [0.05, 0.1) is 13.7 Å². The first kappa shape index (κ1) is 22.7. The molecule has 0 aliphatic carbocycles. The smallest absolute Gasteiger partial charge is 0.409 e. The van der Waals surface area contributed by atoms with Crippen molar-refractivity contribution in [2.75, 3.05) is 26.8 Å². The van der Waals surface area contributed by atoms with Crippen molar-refractivity contribution in [3.8, 4) is 5.75 Å². The molecule has 2 heterocycles.